The van der Waals surface area contributed by atoms with Gasteiger partial charge in [0.15, 0.2) is 5.78 Å². The highest BCUT2D eigenvalue weighted by molar-refractivity contribution is 6.13. The molecule has 3 rings (SSSR count). The van der Waals surface area contributed by atoms with Gasteiger partial charge in [0.1, 0.15) is 5.41 Å². The molecule has 0 bridgehead atoms. The molecule has 2 saturated carbocycles. The van der Waals surface area contributed by atoms with Crippen LogP contribution in [0.5, 0.6) is 0 Å². The van der Waals surface area contributed by atoms with Gasteiger partial charge >= 0.3 is 5.97 Å². The van der Waals surface area contributed by atoms with E-state index in [4.69, 9.17) is 4.74 Å². The second kappa shape index (κ2) is 4.19. The number of ketones is 1. The second-order valence-corrected chi connectivity index (χ2v) is 5.85. The van der Waals surface area contributed by atoms with Crippen LogP contribution in [-0.2, 0) is 9.53 Å². The summed E-state index contributed by atoms with van der Waals surface area (Å²) in [6, 6.07) is 9.09. The number of Topliss-reactive ketones (excluding diaryl/α,β-unsaturated/α-hetero) is 1. The van der Waals surface area contributed by atoms with E-state index in [9.17, 15) is 9.59 Å². The second-order valence-electron chi connectivity index (χ2n) is 5.85. The topological polar surface area (TPSA) is 43.4 Å². The molecule has 2 aliphatic rings. The zero-order valence-corrected chi connectivity index (χ0v) is 11.1. The summed E-state index contributed by atoms with van der Waals surface area (Å²) in [4.78, 5) is 24.9. The van der Waals surface area contributed by atoms with Gasteiger partial charge in [0.2, 0.25) is 0 Å². The van der Waals surface area contributed by atoms with Crippen molar-refractivity contribution in [2.75, 3.05) is 6.61 Å². The Bertz CT molecular complexity index is 506. The van der Waals surface area contributed by atoms with E-state index in [2.05, 4.69) is 0 Å². The predicted octanol–water partition coefficient (Wildman–Crippen LogP) is 2.99. The maximum absolute atomic E-state index is 12.7. The standard InChI is InChI=1S/C16H18O3/c1-2-19-14(18)16(10-15(11-16)8-9-15)13(17)12-6-4-3-5-7-12/h3-7H,2,8-11H2,1H3. The fraction of sp³-hybridized carbons (Fsp3) is 0.500. The van der Waals surface area contributed by atoms with Crippen LogP contribution in [-0.4, -0.2) is 18.4 Å². The summed E-state index contributed by atoms with van der Waals surface area (Å²) in [5, 5.41) is 0. The van der Waals surface area contributed by atoms with Crippen molar-refractivity contribution in [2.45, 2.75) is 32.6 Å². The number of rotatable bonds is 4. The van der Waals surface area contributed by atoms with Crippen molar-refractivity contribution in [3.8, 4) is 0 Å². The molecule has 0 N–H and O–H groups in total. The van der Waals surface area contributed by atoms with E-state index >= 15 is 0 Å². The van der Waals surface area contributed by atoms with Gasteiger partial charge in [-0.15, -0.1) is 0 Å². The lowest BCUT2D eigenvalue weighted by Gasteiger charge is -2.45. The van der Waals surface area contributed by atoms with Crippen molar-refractivity contribution in [1.82, 2.24) is 0 Å². The molecule has 0 unspecified atom stereocenters. The Kier molecular flexibility index (Phi) is 2.73. The van der Waals surface area contributed by atoms with Crippen LogP contribution in [0.2, 0.25) is 0 Å². The minimum atomic E-state index is -0.909. The van der Waals surface area contributed by atoms with Gasteiger partial charge in [-0.25, -0.2) is 0 Å². The molecule has 100 valence electrons. The highest BCUT2D eigenvalue weighted by Gasteiger charge is 2.68. The number of benzene rings is 1. The van der Waals surface area contributed by atoms with Gasteiger partial charge in [-0.2, -0.15) is 0 Å². The molecular weight excluding hydrogens is 240 g/mol. The van der Waals surface area contributed by atoms with Crippen LogP contribution in [0.15, 0.2) is 30.3 Å². The van der Waals surface area contributed by atoms with Crippen molar-refractivity contribution in [2.24, 2.45) is 10.8 Å². The molecule has 19 heavy (non-hydrogen) atoms. The maximum atomic E-state index is 12.7. The molecule has 0 aromatic heterocycles. The number of carbonyl (C=O) groups is 2. The summed E-state index contributed by atoms with van der Waals surface area (Å²) in [5.41, 5.74) is -0.0171. The zero-order chi connectivity index (χ0) is 13.5. The van der Waals surface area contributed by atoms with Crippen molar-refractivity contribution in [3.05, 3.63) is 35.9 Å². The summed E-state index contributed by atoms with van der Waals surface area (Å²) < 4.78 is 5.15. The first kappa shape index (κ1) is 12.4. The Morgan fingerprint density at radius 2 is 1.79 bits per heavy atom. The Balaban J connectivity index is 1.88. The lowest BCUT2D eigenvalue weighted by molar-refractivity contribution is -0.160. The molecule has 0 heterocycles. The average molecular weight is 258 g/mol. The summed E-state index contributed by atoms with van der Waals surface area (Å²) in [7, 11) is 0. The zero-order valence-electron chi connectivity index (χ0n) is 11.1. The third-order valence-corrected chi connectivity index (χ3v) is 4.45. The Morgan fingerprint density at radius 3 is 2.32 bits per heavy atom. The van der Waals surface area contributed by atoms with Gasteiger partial charge < -0.3 is 4.74 Å². The lowest BCUT2D eigenvalue weighted by Crippen LogP contribution is -2.51. The van der Waals surface area contributed by atoms with E-state index < -0.39 is 5.41 Å². The summed E-state index contributed by atoms with van der Waals surface area (Å²) >= 11 is 0. The third-order valence-electron chi connectivity index (χ3n) is 4.45. The van der Waals surface area contributed by atoms with E-state index in [1.165, 1.54) is 0 Å². The molecule has 0 amide bonds. The summed E-state index contributed by atoms with van der Waals surface area (Å²) in [5.74, 6) is -0.398. The molecule has 2 aliphatic carbocycles. The van der Waals surface area contributed by atoms with Crippen molar-refractivity contribution >= 4 is 11.8 Å². The van der Waals surface area contributed by atoms with Gasteiger partial charge in [-0.1, -0.05) is 30.3 Å². The lowest BCUT2D eigenvalue weighted by atomic mass is 9.56. The van der Waals surface area contributed by atoms with Crippen LogP contribution < -0.4 is 0 Å². The number of ether oxygens (including phenoxy) is 1. The van der Waals surface area contributed by atoms with Crippen LogP contribution >= 0.6 is 0 Å². The van der Waals surface area contributed by atoms with Crippen LogP contribution in [0.4, 0.5) is 0 Å². The maximum Gasteiger partial charge on any atom is 0.320 e. The Labute approximate surface area is 113 Å². The van der Waals surface area contributed by atoms with Crippen LogP contribution in [0.3, 0.4) is 0 Å². The molecule has 3 nitrogen and oxygen atoms in total. The predicted molar refractivity (Wildman–Crippen MR) is 70.7 cm³/mol. The molecule has 0 saturated heterocycles. The number of hydrogen-bond donors (Lipinski definition) is 0. The first-order valence-electron chi connectivity index (χ1n) is 6.89. The molecule has 0 aliphatic heterocycles. The average Bonchev–Trinajstić information content (AvgIpc) is 3.17. The van der Waals surface area contributed by atoms with E-state index in [1.54, 1.807) is 19.1 Å². The van der Waals surface area contributed by atoms with Crippen LogP contribution in [0.1, 0.15) is 43.0 Å². The molecule has 1 aromatic carbocycles. The normalized spacial score (nSPS) is 21.5. The number of carbonyl (C=O) groups excluding carboxylic acids is 2. The molecule has 0 atom stereocenters. The SMILES string of the molecule is CCOC(=O)C1(C(=O)c2ccccc2)CC2(CC2)C1. The summed E-state index contributed by atoms with van der Waals surface area (Å²) in [6.45, 7) is 2.11. The minimum Gasteiger partial charge on any atom is -0.465 e. The first-order valence-corrected chi connectivity index (χ1v) is 6.89. The quantitative estimate of drug-likeness (QED) is 0.473. The molecule has 2 fully saturated rings. The largest absolute Gasteiger partial charge is 0.465 e. The number of hydrogen-bond acceptors (Lipinski definition) is 3. The monoisotopic (exact) mass is 258 g/mol. The Morgan fingerprint density at radius 1 is 1.16 bits per heavy atom. The molecule has 0 radical (unpaired) electrons. The molecule has 1 aromatic rings. The minimum absolute atomic E-state index is 0.0657. The third kappa shape index (κ3) is 1.88. The van der Waals surface area contributed by atoms with Crippen LogP contribution in [0, 0.1) is 10.8 Å². The van der Waals surface area contributed by atoms with Crippen LogP contribution in [0.25, 0.3) is 0 Å². The van der Waals surface area contributed by atoms with Crippen molar-refractivity contribution in [1.29, 1.82) is 0 Å². The van der Waals surface area contributed by atoms with E-state index in [0.29, 0.717) is 25.0 Å². The molecular formula is C16H18O3. The summed E-state index contributed by atoms with van der Waals surface area (Å²) in [6.07, 6.45) is 3.64. The Hall–Kier alpha value is -1.64. The smallest absolute Gasteiger partial charge is 0.320 e. The van der Waals surface area contributed by atoms with E-state index in [-0.39, 0.29) is 17.2 Å². The fourth-order valence-electron chi connectivity index (χ4n) is 3.29. The number of esters is 1. The van der Waals surface area contributed by atoms with Crippen molar-refractivity contribution < 1.29 is 14.3 Å². The van der Waals surface area contributed by atoms with Gasteiger partial charge in [0.05, 0.1) is 6.61 Å². The highest BCUT2D eigenvalue weighted by Crippen LogP contribution is 2.69. The van der Waals surface area contributed by atoms with Crippen molar-refractivity contribution in [3.63, 3.8) is 0 Å². The highest BCUT2D eigenvalue weighted by atomic mass is 16.5. The fourth-order valence-corrected chi connectivity index (χ4v) is 3.29. The van der Waals surface area contributed by atoms with E-state index in [1.807, 2.05) is 18.2 Å². The molecule has 1 spiro atoms. The first-order chi connectivity index (χ1) is 9.12. The van der Waals surface area contributed by atoms with Gasteiger partial charge in [0.25, 0.3) is 0 Å². The molecule has 3 heteroatoms. The van der Waals surface area contributed by atoms with Gasteiger partial charge in [0, 0.05) is 5.56 Å². The van der Waals surface area contributed by atoms with E-state index in [0.717, 1.165) is 12.8 Å². The van der Waals surface area contributed by atoms with Gasteiger partial charge in [-0.3, -0.25) is 9.59 Å². The van der Waals surface area contributed by atoms with Gasteiger partial charge in [-0.05, 0) is 38.0 Å².